The van der Waals surface area contributed by atoms with E-state index in [-0.39, 0.29) is 16.3 Å². The highest BCUT2D eigenvalue weighted by atomic mass is 32.2. The summed E-state index contributed by atoms with van der Waals surface area (Å²) in [7, 11) is -3.73. The van der Waals surface area contributed by atoms with Gasteiger partial charge in [-0.3, -0.25) is 4.72 Å². The fraction of sp³-hybridized carbons (Fsp3) is 0.294. The van der Waals surface area contributed by atoms with Crippen molar-refractivity contribution < 1.29 is 21.9 Å². The summed E-state index contributed by atoms with van der Waals surface area (Å²) in [5, 5.41) is 0. The van der Waals surface area contributed by atoms with Gasteiger partial charge in [-0.05, 0) is 54.3 Å². The molecule has 0 saturated carbocycles. The second-order valence-corrected chi connectivity index (χ2v) is 7.43. The summed E-state index contributed by atoms with van der Waals surface area (Å²) in [5.41, 5.74) is 1.33. The van der Waals surface area contributed by atoms with Gasteiger partial charge in [0.2, 0.25) is 0 Å². The van der Waals surface area contributed by atoms with E-state index in [1.807, 2.05) is 0 Å². The van der Waals surface area contributed by atoms with Crippen molar-refractivity contribution >= 4 is 15.7 Å². The Bertz CT molecular complexity index is 757. The van der Waals surface area contributed by atoms with E-state index in [1.54, 1.807) is 24.3 Å². The molecule has 0 aliphatic carbocycles. The van der Waals surface area contributed by atoms with Crippen LogP contribution in [0.5, 0.6) is 5.75 Å². The lowest BCUT2D eigenvalue weighted by Crippen LogP contribution is -2.13. The van der Waals surface area contributed by atoms with Crippen LogP contribution in [0.2, 0.25) is 0 Å². The molecule has 0 aliphatic rings. The van der Waals surface area contributed by atoms with Crippen molar-refractivity contribution in [3.63, 3.8) is 0 Å². The van der Waals surface area contributed by atoms with Gasteiger partial charge in [0.05, 0.1) is 4.90 Å². The predicted octanol–water partition coefficient (Wildman–Crippen LogP) is 4.29. The zero-order valence-electron chi connectivity index (χ0n) is 13.4. The Labute approximate surface area is 140 Å². The average molecular weight is 355 g/mol. The highest BCUT2D eigenvalue weighted by Gasteiger charge is 2.14. The van der Waals surface area contributed by atoms with E-state index in [4.69, 9.17) is 0 Å². The monoisotopic (exact) mass is 355 g/mol. The minimum absolute atomic E-state index is 0.0361. The van der Waals surface area contributed by atoms with Gasteiger partial charge >= 0.3 is 6.61 Å². The van der Waals surface area contributed by atoms with Crippen LogP contribution in [0.1, 0.15) is 19.4 Å². The van der Waals surface area contributed by atoms with Crippen LogP contribution in [0.15, 0.2) is 53.4 Å². The first-order valence-corrected chi connectivity index (χ1v) is 8.91. The fourth-order valence-corrected chi connectivity index (χ4v) is 3.25. The Hall–Kier alpha value is -2.15. The van der Waals surface area contributed by atoms with E-state index in [1.165, 1.54) is 24.3 Å². The predicted molar refractivity (Wildman–Crippen MR) is 88.9 cm³/mol. The SMILES string of the molecule is CC(C)Cc1ccc(S(=O)(=O)Nc2ccc(OC(F)F)cc2)cc1. The molecule has 0 aromatic heterocycles. The van der Waals surface area contributed by atoms with Crippen LogP contribution in [0.4, 0.5) is 14.5 Å². The zero-order chi connectivity index (χ0) is 17.7. The van der Waals surface area contributed by atoms with Crippen molar-refractivity contribution in [2.75, 3.05) is 4.72 Å². The average Bonchev–Trinajstić information content (AvgIpc) is 2.48. The van der Waals surface area contributed by atoms with E-state index in [2.05, 4.69) is 23.3 Å². The number of anilines is 1. The minimum Gasteiger partial charge on any atom is -0.435 e. The normalized spacial score (nSPS) is 11.8. The Morgan fingerprint density at radius 2 is 1.58 bits per heavy atom. The van der Waals surface area contributed by atoms with E-state index < -0.39 is 16.6 Å². The summed E-state index contributed by atoms with van der Waals surface area (Å²) < 4.78 is 55.5. The van der Waals surface area contributed by atoms with Gasteiger partial charge in [0.15, 0.2) is 0 Å². The third-order valence-corrected chi connectivity index (χ3v) is 4.61. The maximum absolute atomic E-state index is 12.3. The molecule has 0 radical (unpaired) electrons. The van der Waals surface area contributed by atoms with Gasteiger partial charge in [0.25, 0.3) is 10.0 Å². The van der Waals surface area contributed by atoms with Gasteiger partial charge < -0.3 is 4.74 Å². The lowest BCUT2D eigenvalue weighted by Gasteiger charge is -2.10. The van der Waals surface area contributed by atoms with E-state index in [0.717, 1.165) is 12.0 Å². The highest BCUT2D eigenvalue weighted by Crippen LogP contribution is 2.21. The first-order valence-electron chi connectivity index (χ1n) is 7.43. The lowest BCUT2D eigenvalue weighted by molar-refractivity contribution is -0.0498. The summed E-state index contributed by atoms with van der Waals surface area (Å²) >= 11 is 0. The van der Waals surface area contributed by atoms with Gasteiger partial charge in [-0.25, -0.2) is 8.42 Å². The standard InChI is InChI=1S/C17H19F2NO3S/c1-12(2)11-13-3-9-16(10-4-13)24(21,22)20-14-5-7-15(8-6-14)23-17(18)19/h3-10,12,17,20H,11H2,1-2H3. The summed E-state index contributed by atoms with van der Waals surface area (Å²) in [6, 6.07) is 11.9. The first kappa shape index (κ1) is 18.2. The Morgan fingerprint density at radius 1 is 1.00 bits per heavy atom. The van der Waals surface area contributed by atoms with E-state index in [0.29, 0.717) is 5.92 Å². The molecule has 7 heteroatoms. The van der Waals surface area contributed by atoms with Crippen LogP contribution in [0.25, 0.3) is 0 Å². The zero-order valence-corrected chi connectivity index (χ0v) is 14.2. The molecule has 0 bridgehead atoms. The van der Waals surface area contributed by atoms with Crippen LogP contribution in [-0.2, 0) is 16.4 Å². The molecule has 2 aromatic rings. The molecule has 0 spiro atoms. The van der Waals surface area contributed by atoms with Crippen LogP contribution < -0.4 is 9.46 Å². The number of hydrogen-bond donors (Lipinski definition) is 1. The van der Waals surface area contributed by atoms with Crippen molar-refractivity contribution in [3.05, 3.63) is 54.1 Å². The molecule has 0 heterocycles. The number of rotatable bonds is 7. The molecular formula is C17H19F2NO3S. The van der Waals surface area contributed by atoms with Crippen molar-refractivity contribution in [2.24, 2.45) is 5.92 Å². The van der Waals surface area contributed by atoms with Gasteiger partial charge in [0, 0.05) is 5.69 Å². The van der Waals surface area contributed by atoms with Gasteiger partial charge in [0.1, 0.15) is 5.75 Å². The van der Waals surface area contributed by atoms with E-state index in [9.17, 15) is 17.2 Å². The summed E-state index contributed by atoms with van der Waals surface area (Å²) in [5.74, 6) is 0.450. The third-order valence-electron chi connectivity index (χ3n) is 3.21. The highest BCUT2D eigenvalue weighted by molar-refractivity contribution is 7.92. The van der Waals surface area contributed by atoms with Crippen molar-refractivity contribution in [1.29, 1.82) is 0 Å². The number of sulfonamides is 1. The maximum atomic E-state index is 12.3. The van der Waals surface area contributed by atoms with Crippen molar-refractivity contribution in [2.45, 2.75) is 31.8 Å². The molecule has 2 aromatic carbocycles. The number of hydrogen-bond acceptors (Lipinski definition) is 3. The van der Waals surface area contributed by atoms with Gasteiger partial charge in [-0.15, -0.1) is 0 Å². The quantitative estimate of drug-likeness (QED) is 0.806. The minimum atomic E-state index is -3.73. The van der Waals surface area contributed by atoms with Crippen LogP contribution in [0.3, 0.4) is 0 Å². The van der Waals surface area contributed by atoms with Crippen LogP contribution in [0, 0.1) is 5.92 Å². The lowest BCUT2D eigenvalue weighted by atomic mass is 10.0. The maximum Gasteiger partial charge on any atom is 0.387 e. The molecule has 130 valence electrons. The number of alkyl halides is 2. The van der Waals surface area contributed by atoms with Crippen molar-refractivity contribution in [3.8, 4) is 5.75 Å². The molecule has 0 unspecified atom stereocenters. The topological polar surface area (TPSA) is 55.4 Å². The molecule has 0 fully saturated rings. The molecule has 0 aliphatic heterocycles. The molecule has 2 rings (SSSR count). The Morgan fingerprint density at radius 3 is 2.08 bits per heavy atom. The first-order chi connectivity index (χ1) is 11.3. The molecule has 4 nitrogen and oxygen atoms in total. The van der Waals surface area contributed by atoms with Gasteiger partial charge in [-0.1, -0.05) is 26.0 Å². The second kappa shape index (κ2) is 7.61. The Balaban J connectivity index is 2.10. The smallest absolute Gasteiger partial charge is 0.387 e. The molecular weight excluding hydrogens is 336 g/mol. The van der Waals surface area contributed by atoms with E-state index >= 15 is 0 Å². The number of ether oxygens (including phenoxy) is 1. The van der Waals surface area contributed by atoms with Crippen LogP contribution in [-0.4, -0.2) is 15.0 Å². The largest absolute Gasteiger partial charge is 0.435 e. The fourth-order valence-electron chi connectivity index (χ4n) is 2.19. The number of nitrogens with one attached hydrogen (secondary N) is 1. The van der Waals surface area contributed by atoms with Crippen LogP contribution >= 0.6 is 0 Å². The summed E-state index contributed by atoms with van der Waals surface area (Å²) in [6.45, 7) is 1.26. The third kappa shape index (κ3) is 5.19. The Kier molecular flexibility index (Phi) is 5.77. The second-order valence-electron chi connectivity index (χ2n) is 5.75. The van der Waals surface area contributed by atoms with Gasteiger partial charge in [-0.2, -0.15) is 8.78 Å². The number of benzene rings is 2. The van der Waals surface area contributed by atoms with Crippen molar-refractivity contribution in [1.82, 2.24) is 0 Å². The summed E-state index contributed by atoms with van der Waals surface area (Å²) in [4.78, 5) is 0.142. The molecule has 0 amide bonds. The molecule has 0 saturated heterocycles. The molecule has 0 atom stereocenters. The molecule has 1 N–H and O–H groups in total. The summed E-state index contributed by atoms with van der Waals surface area (Å²) in [6.07, 6.45) is 0.874. The number of halogens is 2. The molecule has 24 heavy (non-hydrogen) atoms.